The molecule has 4 nitrogen and oxygen atoms in total. The van der Waals surface area contributed by atoms with E-state index in [0.29, 0.717) is 18.4 Å². The second kappa shape index (κ2) is 14.4. The number of Topliss-reactive ketones (excluding diaryl/α,β-unsaturated/α-hetero) is 1. The minimum absolute atomic E-state index is 0.00204. The lowest BCUT2D eigenvalue weighted by Crippen LogP contribution is -2.35. The third-order valence-electron chi connectivity index (χ3n) is 6.31. The van der Waals surface area contributed by atoms with Crippen LogP contribution in [0.5, 0.6) is 0 Å². The number of allylic oxidation sites excluding steroid dienone is 2. The number of rotatable bonds is 13. The summed E-state index contributed by atoms with van der Waals surface area (Å²) in [4.78, 5) is 24.3. The summed E-state index contributed by atoms with van der Waals surface area (Å²) in [6.45, 7) is 0. The van der Waals surface area contributed by atoms with Crippen LogP contribution in [0.1, 0.15) is 87.4 Å². The fourth-order valence-corrected chi connectivity index (χ4v) is 4.62. The highest BCUT2D eigenvalue weighted by Gasteiger charge is 2.33. The number of esters is 1. The van der Waals surface area contributed by atoms with Gasteiger partial charge in [0.25, 0.3) is 0 Å². The van der Waals surface area contributed by atoms with Crippen LogP contribution in [-0.4, -0.2) is 30.1 Å². The number of aliphatic hydroxyl groups is 1. The topological polar surface area (TPSA) is 63.6 Å². The molecule has 31 heavy (non-hydrogen) atoms. The Bertz CT molecular complexity index is 695. The monoisotopic (exact) mass is 448 g/mol. The van der Waals surface area contributed by atoms with Gasteiger partial charge in [0, 0.05) is 17.0 Å². The highest BCUT2D eigenvalue weighted by Crippen LogP contribution is 2.33. The Morgan fingerprint density at radius 1 is 1.06 bits per heavy atom. The molecule has 0 spiro atoms. The first-order valence-electron chi connectivity index (χ1n) is 11.7. The van der Waals surface area contributed by atoms with Crippen molar-refractivity contribution < 1.29 is 19.4 Å². The molecule has 2 atom stereocenters. The molecule has 5 heteroatoms. The van der Waals surface area contributed by atoms with E-state index in [-0.39, 0.29) is 17.7 Å². The van der Waals surface area contributed by atoms with Crippen LogP contribution in [-0.2, 0) is 9.53 Å². The Morgan fingerprint density at radius 2 is 1.71 bits per heavy atom. The minimum atomic E-state index is -0.632. The van der Waals surface area contributed by atoms with Gasteiger partial charge in [0.2, 0.25) is 0 Å². The van der Waals surface area contributed by atoms with Gasteiger partial charge in [-0.15, -0.1) is 0 Å². The predicted molar refractivity (Wildman–Crippen MR) is 125 cm³/mol. The van der Waals surface area contributed by atoms with E-state index >= 15 is 0 Å². The number of benzene rings is 1. The summed E-state index contributed by atoms with van der Waals surface area (Å²) in [6.07, 6.45) is 12.2. The molecule has 172 valence electrons. The van der Waals surface area contributed by atoms with Crippen molar-refractivity contribution in [2.75, 3.05) is 7.11 Å². The lowest BCUT2D eigenvalue weighted by Gasteiger charge is -2.31. The summed E-state index contributed by atoms with van der Waals surface area (Å²) in [5.74, 6) is -0.432. The molecule has 1 aliphatic rings. The molecule has 1 aliphatic carbocycles. The van der Waals surface area contributed by atoms with E-state index in [4.69, 9.17) is 11.6 Å². The smallest absolute Gasteiger partial charge is 0.305 e. The predicted octanol–water partition coefficient (Wildman–Crippen LogP) is 6.45. The van der Waals surface area contributed by atoms with Gasteiger partial charge in [-0.2, -0.15) is 0 Å². The Kier molecular flexibility index (Phi) is 11.9. The van der Waals surface area contributed by atoms with Crippen molar-refractivity contribution >= 4 is 23.4 Å². The second-order valence-corrected chi connectivity index (χ2v) is 9.09. The number of carbonyl (C=O) groups is 2. The van der Waals surface area contributed by atoms with Crippen molar-refractivity contribution in [1.29, 1.82) is 0 Å². The van der Waals surface area contributed by atoms with Crippen molar-refractivity contribution in [1.82, 2.24) is 0 Å². The average Bonchev–Trinajstić information content (AvgIpc) is 2.82. The first-order chi connectivity index (χ1) is 15.0. The number of hydrogen-bond donors (Lipinski definition) is 1. The number of halogens is 1. The largest absolute Gasteiger partial charge is 0.469 e. The van der Waals surface area contributed by atoms with Gasteiger partial charge in [-0.3, -0.25) is 9.59 Å². The molecular formula is C26H37ClO4. The molecular weight excluding hydrogens is 412 g/mol. The van der Waals surface area contributed by atoms with Crippen molar-refractivity contribution in [2.45, 2.75) is 83.2 Å². The molecule has 2 unspecified atom stereocenters. The summed E-state index contributed by atoms with van der Waals surface area (Å²) in [7, 11) is 1.41. The van der Waals surface area contributed by atoms with Crippen LogP contribution in [0.3, 0.4) is 0 Å². The third-order valence-corrected chi connectivity index (χ3v) is 6.65. The number of hydrogen-bond acceptors (Lipinski definition) is 4. The number of unbranched alkanes of at least 4 members (excludes halogenated alkanes) is 3. The first-order valence-corrected chi connectivity index (χ1v) is 12.1. The molecule has 2 rings (SSSR count). The Hall–Kier alpha value is -1.65. The minimum Gasteiger partial charge on any atom is -0.469 e. The lowest BCUT2D eigenvalue weighted by atomic mass is 9.77. The molecule has 1 fully saturated rings. The zero-order valence-corrected chi connectivity index (χ0v) is 19.5. The summed E-state index contributed by atoms with van der Waals surface area (Å²) in [5, 5.41) is 11.8. The quantitative estimate of drug-likeness (QED) is 0.214. The lowest BCUT2D eigenvalue weighted by molar-refractivity contribution is -0.140. The highest BCUT2D eigenvalue weighted by molar-refractivity contribution is 6.29. The normalized spacial score (nSPS) is 17.2. The van der Waals surface area contributed by atoms with Crippen molar-refractivity contribution in [3.05, 3.63) is 47.0 Å². The van der Waals surface area contributed by atoms with E-state index in [1.807, 2.05) is 36.4 Å². The van der Waals surface area contributed by atoms with Crippen LogP contribution in [0.25, 0.3) is 0 Å². The molecule has 1 aromatic rings. The Balaban J connectivity index is 1.90. The summed E-state index contributed by atoms with van der Waals surface area (Å²) in [5.41, 5.74) is 0.650. The molecule has 1 saturated carbocycles. The van der Waals surface area contributed by atoms with Crippen LogP contribution < -0.4 is 0 Å². The maximum Gasteiger partial charge on any atom is 0.305 e. The second-order valence-electron chi connectivity index (χ2n) is 8.60. The van der Waals surface area contributed by atoms with E-state index in [0.717, 1.165) is 62.8 Å². The number of methoxy groups -OCH3 is 1. The van der Waals surface area contributed by atoms with Gasteiger partial charge in [0.15, 0.2) is 5.78 Å². The fraction of sp³-hybridized carbons (Fsp3) is 0.615. The first kappa shape index (κ1) is 25.6. The molecule has 0 amide bonds. The van der Waals surface area contributed by atoms with E-state index < -0.39 is 12.0 Å². The van der Waals surface area contributed by atoms with Gasteiger partial charge in [-0.1, -0.05) is 80.1 Å². The Morgan fingerprint density at radius 3 is 2.35 bits per heavy atom. The van der Waals surface area contributed by atoms with Crippen LogP contribution in [0.15, 0.2) is 41.4 Å². The van der Waals surface area contributed by atoms with Crippen molar-refractivity contribution in [3.63, 3.8) is 0 Å². The van der Waals surface area contributed by atoms with Gasteiger partial charge in [-0.25, -0.2) is 0 Å². The molecule has 0 aromatic heterocycles. The molecule has 0 saturated heterocycles. The number of ketones is 1. The van der Waals surface area contributed by atoms with E-state index in [1.54, 1.807) is 0 Å². The molecule has 0 radical (unpaired) electrons. The van der Waals surface area contributed by atoms with E-state index in [1.165, 1.54) is 13.5 Å². The standard InChI is InChI=1S/C26H37ClO4/c1-31-24(28)17-11-3-2-10-16-22(27)18-19-23(25(29)20-12-6-4-7-13-20)26(30)21-14-8-5-9-15-21/h4,6-7,12-13,18,21,23,26,30H,2-3,5,8-11,14-17,19H2,1H3/b22-18+. The van der Waals surface area contributed by atoms with Gasteiger partial charge < -0.3 is 9.84 Å². The van der Waals surface area contributed by atoms with Gasteiger partial charge in [-0.05, 0) is 44.4 Å². The number of aliphatic hydroxyl groups excluding tert-OH is 1. The van der Waals surface area contributed by atoms with Crippen LogP contribution in [0.4, 0.5) is 0 Å². The van der Waals surface area contributed by atoms with Crippen LogP contribution in [0.2, 0.25) is 0 Å². The molecule has 1 aromatic carbocycles. The fourth-order valence-electron chi connectivity index (χ4n) is 4.40. The zero-order chi connectivity index (χ0) is 22.5. The van der Waals surface area contributed by atoms with Crippen LogP contribution >= 0.6 is 11.6 Å². The van der Waals surface area contributed by atoms with Gasteiger partial charge in [0.1, 0.15) is 0 Å². The maximum atomic E-state index is 13.2. The van der Waals surface area contributed by atoms with Gasteiger partial charge in [0.05, 0.1) is 19.1 Å². The SMILES string of the molecule is COC(=O)CCCCCC/C(Cl)=C\CC(C(=O)c1ccccc1)C(O)C1CCCCC1. The average molecular weight is 449 g/mol. The summed E-state index contributed by atoms with van der Waals surface area (Å²) >= 11 is 6.45. The molecule has 1 N–H and O–H groups in total. The van der Waals surface area contributed by atoms with Crippen molar-refractivity contribution in [3.8, 4) is 0 Å². The van der Waals surface area contributed by atoms with E-state index in [2.05, 4.69) is 4.74 Å². The molecule has 0 aliphatic heterocycles. The maximum absolute atomic E-state index is 13.2. The van der Waals surface area contributed by atoms with E-state index in [9.17, 15) is 14.7 Å². The third kappa shape index (κ3) is 9.16. The highest BCUT2D eigenvalue weighted by atomic mass is 35.5. The van der Waals surface area contributed by atoms with Crippen molar-refractivity contribution in [2.24, 2.45) is 11.8 Å². The Labute approximate surface area is 192 Å². The summed E-state index contributed by atoms with van der Waals surface area (Å²) < 4.78 is 4.65. The number of carbonyl (C=O) groups excluding carboxylic acids is 2. The summed E-state index contributed by atoms with van der Waals surface area (Å²) in [6, 6.07) is 9.26. The number of ether oxygens (including phenoxy) is 1. The van der Waals surface area contributed by atoms with Crippen LogP contribution in [0, 0.1) is 11.8 Å². The molecule has 0 bridgehead atoms. The zero-order valence-electron chi connectivity index (χ0n) is 18.7. The molecule has 0 heterocycles. The van der Waals surface area contributed by atoms with Gasteiger partial charge >= 0.3 is 5.97 Å².